The van der Waals surface area contributed by atoms with E-state index in [4.69, 9.17) is 11.6 Å². The lowest BCUT2D eigenvalue weighted by Gasteiger charge is -2.15. The molecule has 0 aliphatic rings. The Morgan fingerprint density at radius 1 is 1.21 bits per heavy atom. The fraction of sp³-hybridized carbons (Fsp3) is 0.333. The Balaban J connectivity index is 1.84. The van der Waals surface area contributed by atoms with Crippen LogP contribution in [0.1, 0.15) is 42.8 Å². The normalized spacial score (nSPS) is 12.8. The average molecular weight is 345 g/mol. The smallest absolute Gasteiger partial charge is 0.157 e. The first-order valence-corrected chi connectivity index (χ1v) is 8.36. The molecule has 0 bridgehead atoms. The van der Waals surface area contributed by atoms with Crippen molar-refractivity contribution < 1.29 is 5.11 Å². The van der Waals surface area contributed by atoms with Crippen LogP contribution < -0.4 is 5.32 Å². The second-order valence-electron chi connectivity index (χ2n) is 6.22. The van der Waals surface area contributed by atoms with Gasteiger partial charge in [-0.15, -0.1) is 0 Å². The highest BCUT2D eigenvalue weighted by atomic mass is 35.5. The highest BCUT2D eigenvalue weighted by Crippen LogP contribution is 2.21. The highest BCUT2D eigenvalue weighted by Gasteiger charge is 2.12. The Hall–Kier alpha value is -2.11. The predicted octanol–water partition coefficient (Wildman–Crippen LogP) is 3.96. The second kappa shape index (κ2) is 6.79. The van der Waals surface area contributed by atoms with E-state index < -0.39 is 6.10 Å². The summed E-state index contributed by atoms with van der Waals surface area (Å²) in [6.45, 7) is 6.52. The number of anilines is 1. The van der Waals surface area contributed by atoms with Crippen molar-refractivity contribution in [3.05, 3.63) is 58.4 Å². The molecule has 0 saturated heterocycles. The molecule has 3 aromatic rings. The van der Waals surface area contributed by atoms with E-state index in [1.807, 2.05) is 31.2 Å². The van der Waals surface area contributed by atoms with E-state index in [9.17, 15) is 5.11 Å². The molecule has 0 fully saturated rings. The number of aliphatic hydroxyl groups is 1. The molecule has 5 nitrogen and oxygen atoms in total. The van der Waals surface area contributed by atoms with Crippen LogP contribution in [-0.2, 0) is 0 Å². The van der Waals surface area contributed by atoms with Crippen LogP contribution in [0.3, 0.4) is 0 Å². The number of nitrogens with zero attached hydrogens (tertiary/aromatic N) is 3. The Labute approximate surface area is 146 Å². The van der Waals surface area contributed by atoms with Crippen molar-refractivity contribution in [3.8, 4) is 0 Å². The van der Waals surface area contributed by atoms with Crippen molar-refractivity contribution in [1.29, 1.82) is 0 Å². The summed E-state index contributed by atoms with van der Waals surface area (Å²) in [6, 6.07) is 11.1. The summed E-state index contributed by atoms with van der Waals surface area (Å²) in [5.41, 5.74) is 3.52. The molecule has 2 N–H and O–H groups in total. The first-order chi connectivity index (χ1) is 11.4. The van der Waals surface area contributed by atoms with Gasteiger partial charge in [-0.05, 0) is 30.5 Å². The van der Waals surface area contributed by atoms with Gasteiger partial charge < -0.3 is 10.4 Å². The molecule has 0 saturated carbocycles. The SMILES string of the molecule is Cc1cc2nc(C(C)C)cc(NCC(O)c3ccc(Cl)cc3)n2n1. The first-order valence-electron chi connectivity index (χ1n) is 7.99. The molecule has 0 amide bonds. The molecule has 126 valence electrons. The maximum Gasteiger partial charge on any atom is 0.157 e. The minimum absolute atomic E-state index is 0.312. The van der Waals surface area contributed by atoms with Gasteiger partial charge in [0.2, 0.25) is 0 Å². The number of rotatable bonds is 5. The molecule has 6 heteroatoms. The van der Waals surface area contributed by atoms with E-state index in [-0.39, 0.29) is 0 Å². The van der Waals surface area contributed by atoms with Crippen molar-refractivity contribution in [2.24, 2.45) is 0 Å². The zero-order chi connectivity index (χ0) is 17.3. The number of aromatic nitrogens is 3. The van der Waals surface area contributed by atoms with Crippen LogP contribution >= 0.6 is 11.6 Å². The van der Waals surface area contributed by atoms with Crippen LogP contribution in [0.15, 0.2) is 36.4 Å². The number of benzene rings is 1. The zero-order valence-electron chi connectivity index (χ0n) is 14.0. The van der Waals surface area contributed by atoms with Crippen molar-refractivity contribution in [2.75, 3.05) is 11.9 Å². The molecular formula is C18H21ClN4O. The van der Waals surface area contributed by atoms with Crippen LogP contribution in [0, 0.1) is 6.92 Å². The lowest BCUT2D eigenvalue weighted by molar-refractivity contribution is 0.191. The molecule has 24 heavy (non-hydrogen) atoms. The van der Waals surface area contributed by atoms with Gasteiger partial charge in [-0.1, -0.05) is 37.6 Å². The lowest BCUT2D eigenvalue weighted by atomic mass is 10.1. The van der Waals surface area contributed by atoms with Gasteiger partial charge in [0.25, 0.3) is 0 Å². The number of fused-ring (bicyclic) bond motifs is 1. The zero-order valence-corrected chi connectivity index (χ0v) is 14.7. The summed E-state index contributed by atoms with van der Waals surface area (Å²) < 4.78 is 1.77. The predicted molar refractivity (Wildman–Crippen MR) is 96.7 cm³/mol. The lowest BCUT2D eigenvalue weighted by Crippen LogP contribution is -2.15. The topological polar surface area (TPSA) is 62.5 Å². The van der Waals surface area contributed by atoms with Crippen LogP contribution in [0.2, 0.25) is 5.02 Å². The molecule has 2 heterocycles. The number of nitrogens with one attached hydrogen (secondary N) is 1. The molecule has 1 unspecified atom stereocenters. The van der Waals surface area contributed by atoms with Gasteiger partial charge >= 0.3 is 0 Å². The fourth-order valence-corrected chi connectivity index (χ4v) is 2.66. The van der Waals surface area contributed by atoms with Crippen molar-refractivity contribution >= 4 is 23.1 Å². The molecular weight excluding hydrogens is 324 g/mol. The van der Waals surface area contributed by atoms with E-state index in [0.717, 1.165) is 28.4 Å². The Morgan fingerprint density at radius 3 is 2.58 bits per heavy atom. The summed E-state index contributed by atoms with van der Waals surface area (Å²) in [5, 5.41) is 18.8. The molecule has 2 aromatic heterocycles. The van der Waals surface area contributed by atoms with Crippen molar-refractivity contribution in [2.45, 2.75) is 32.8 Å². The second-order valence-corrected chi connectivity index (χ2v) is 6.66. The van der Waals surface area contributed by atoms with Crippen molar-refractivity contribution in [3.63, 3.8) is 0 Å². The van der Waals surface area contributed by atoms with Gasteiger partial charge in [-0.2, -0.15) is 9.61 Å². The quantitative estimate of drug-likeness (QED) is 0.735. The highest BCUT2D eigenvalue weighted by molar-refractivity contribution is 6.30. The summed E-state index contributed by atoms with van der Waals surface area (Å²) in [5.74, 6) is 1.14. The van der Waals surface area contributed by atoms with Gasteiger partial charge in [0.05, 0.1) is 11.8 Å². The van der Waals surface area contributed by atoms with Crippen LogP contribution in [0.25, 0.3) is 5.65 Å². The minimum atomic E-state index is -0.635. The largest absolute Gasteiger partial charge is 0.387 e. The minimum Gasteiger partial charge on any atom is -0.387 e. The summed E-state index contributed by atoms with van der Waals surface area (Å²) in [7, 11) is 0. The van der Waals surface area contributed by atoms with E-state index in [0.29, 0.717) is 17.5 Å². The third kappa shape index (κ3) is 3.52. The summed E-state index contributed by atoms with van der Waals surface area (Å²) >= 11 is 5.89. The van der Waals surface area contributed by atoms with Crippen LogP contribution in [0.5, 0.6) is 0 Å². The fourth-order valence-electron chi connectivity index (χ4n) is 2.53. The summed E-state index contributed by atoms with van der Waals surface area (Å²) in [6.07, 6.45) is -0.635. The van der Waals surface area contributed by atoms with E-state index >= 15 is 0 Å². The number of aliphatic hydroxyl groups excluding tert-OH is 1. The summed E-state index contributed by atoms with van der Waals surface area (Å²) in [4.78, 5) is 4.63. The van der Waals surface area contributed by atoms with E-state index in [2.05, 4.69) is 29.2 Å². The molecule has 1 aromatic carbocycles. The molecule has 0 spiro atoms. The molecule has 1 atom stereocenters. The standard InChI is InChI=1S/C18H21ClN4O/c1-11(2)15-9-17(23-18(21-15)8-12(3)22-23)20-10-16(24)13-4-6-14(19)7-5-13/h4-9,11,16,20,24H,10H2,1-3H3. The van der Waals surface area contributed by atoms with Crippen molar-refractivity contribution in [1.82, 2.24) is 14.6 Å². The van der Waals surface area contributed by atoms with E-state index in [1.165, 1.54) is 0 Å². The van der Waals surface area contributed by atoms with Gasteiger partial charge in [0, 0.05) is 29.4 Å². The molecule has 0 radical (unpaired) electrons. The van der Waals surface area contributed by atoms with Gasteiger partial charge in [-0.3, -0.25) is 0 Å². The number of halogens is 1. The third-order valence-electron chi connectivity index (χ3n) is 3.89. The maximum absolute atomic E-state index is 10.4. The van der Waals surface area contributed by atoms with Crippen LogP contribution in [0.4, 0.5) is 5.82 Å². The molecule has 3 rings (SSSR count). The maximum atomic E-state index is 10.4. The van der Waals surface area contributed by atoms with Gasteiger partial charge in [-0.25, -0.2) is 4.98 Å². The Bertz CT molecular complexity index is 842. The monoisotopic (exact) mass is 344 g/mol. The van der Waals surface area contributed by atoms with Crippen LogP contribution in [-0.4, -0.2) is 26.2 Å². The van der Waals surface area contributed by atoms with Gasteiger partial charge in [0.15, 0.2) is 5.65 Å². The number of hydrogen-bond donors (Lipinski definition) is 2. The Kier molecular flexibility index (Phi) is 4.73. The third-order valence-corrected chi connectivity index (χ3v) is 4.14. The van der Waals surface area contributed by atoms with Gasteiger partial charge in [0.1, 0.15) is 5.82 Å². The number of aryl methyl sites for hydroxylation is 1. The molecule has 0 aliphatic heterocycles. The molecule has 0 aliphatic carbocycles. The first kappa shape index (κ1) is 16.7. The van der Waals surface area contributed by atoms with E-state index in [1.54, 1.807) is 16.6 Å². The Morgan fingerprint density at radius 2 is 1.92 bits per heavy atom. The number of hydrogen-bond acceptors (Lipinski definition) is 4. The average Bonchev–Trinajstić information content (AvgIpc) is 2.93.